The molecule has 60 valence electrons. The molecule has 0 heterocycles. The SMILES string of the molecule is NCNC1CCC(O)CC1. The standard InChI is InChI=1S/C7H16N2O/c8-5-9-6-1-3-7(10)4-2-6/h6-7,9-10H,1-5,8H2. The summed E-state index contributed by atoms with van der Waals surface area (Å²) in [5.41, 5.74) is 5.32. The van der Waals surface area contributed by atoms with Crippen LogP contribution in [0.3, 0.4) is 0 Å². The summed E-state index contributed by atoms with van der Waals surface area (Å²) in [6.07, 6.45) is 3.93. The molecule has 0 radical (unpaired) electrons. The molecule has 0 atom stereocenters. The predicted molar refractivity (Wildman–Crippen MR) is 40.5 cm³/mol. The molecule has 0 bridgehead atoms. The summed E-state index contributed by atoms with van der Waals surface area (Å²) < 4.78 is 0. The second-order valence-electron chi connectivity index (χ2n) is 2.91. The van der Waals surface area contributed by atoms with Crippen molar-refractivity contribution >= 4 is 0 Å². The summed E-state index contributed by atoms with van der Waals surface area (Å²) in [6, 6.07) is 0.549. The maximum atomic E-state index is 9.14. The van der Waals surface area contributed by atoms with Crippen molar-refractivity contribution < 1.29 is 5.11 Å². The first-order chi connectivity index (χ1) is 4.83. The van der Waals surface area contributed by atoms with Crippen molar-refractivity contribution in [3.8, 4) is 0 Å². The summed E-state index contributed by atoms with van der Waals surface area (Å²) in [4.78, 5) is 0. The van der Waals surface area contributed by atoms with E-state index in [9.17, 15) is 0 Å². The van der Waals surface area contributed by atoms with Crippen LogP contribution in [0, 0.1) is 0 Å². The molecule has 10 heavy (non-hydrogen) atoms. The van der Waals surface area contributed by atoms with Crippen LogP contribution in [0.2, 0.25) is 0 Å². The number of aliphatic hydroxyl groups excluding tert-OH is 1. The van der Waals surface area contributed by atoms with E-state index in [0.29, 0.717) is 12.7 Å². The van der Waals surface area contributed by atoms with Crippen molar-refractivity contribution in [1.82, 2.24) is 5.32 Å². The summed E-state index contributed by atoms with van der Waals surface area (Å²) >= 11 is 0. The highest BCUT2D eigenvalue weighted by atomic mass is 16.3. The second kappa shape index (κ2) is 3.91. The van der Waals surface area contributed by atoms with Crippen LogP contribution in [0.5, 0.6) is 0 Å². The molecule has 0 aliphatic heterocycles. The van der Waals surface area contributed by atoms with Crippen molar-refractivity contribution in [2.75, 3.05) is 6.67 Å². The molecule has 3 heteroatoms. The Morgan fingerprint density at radius 2 is 1.90 bits per heavy atom. The fraction of sp³-hybridized carbons (Fsp3) is 1.00. The maximum absolute atomic E-state index is 9.14. The van der Waals surface area contributed by atoms with E-state index in [1.165, 1.54) is 0 Å². The van der Waals surface area contributed by atoms with Crippen LogP contribution in [0.15, 0.2) is 0 Å². The van der Waals surface area contributed by atoms with Crippen LogP contribution < -0.4 is 11.1 Å². The molecule has 0 unspecified atom stereocenters. The van der Waals surface area contributed by atoms with Gasteiger partial charge in [0.2, 0.25) is 0 Å². The Morgan fingerprint density at radius 1 is 1.30 bits per heavy atom. The minimum atomic E-state index is -0.0594. The van der Waals surface area contributed by atoms with Crippen LogP contribution >= 0.6 is 0 Å². The zero-order valence-corrected chi connectivity index (χ0v) is 6.21. The number of nitrogens with one attached hydrogen (secondary N) is 1. The Morgan fingerprint density at radius 3 is 2.40 bits per heavy atom. The third-order valence-electron chi connectivity index (χ3n) is 2.10. The van der Waals surface area contributed by atoms with Crippen molar-refractivity contribution in [3.05, 3.63) is 0 Å². The molecule has 0 aromatic carbocycles. The highest BCUT2D eigenvalue weighted by Gasteiger charge is 2.17. The Labute approximate surface area is 61.6 Å². The highest BCUT2D eigenvalue weighted by molar-refractivity contribution is 4.75. The zero-order valence-electron chi connectivity index (χ0n) is 6.21. The Bertz CT molecular complexity index is 89.6. The van der Waals surface area contributed by atoms with Gasteiger partial charge in [-0.3, -0.25) is 0 Å². The summed E-state index contributed by atoms with van der Waals surface area (Å²) in [7, 11) is 0. The second-order valence-corrected chi connectivity index (χ2v) is 2.91. The van der Waals surface area contributed by atoms with Crippen LogP contribution in [0.4, 0.5) is 0 Å². The smallest absolute Gasteiger partial charge is 0.0541 e. The molecule has 0 aromatic heterocycles. The fourth-order valence-electron chi connectivity index (χ4n) is 1.45. The summed E-state index contributed by atoms with van der Waals surface area (Å²) in [5, 5.41) is 12.3. The molecule has 0 saturated heterocycles. The van der Waals surface area contributed by atoms with Gasteiger partial charge in [0, 0.05) is 12.7 Å². The Kier molecular flexibility index (Phi) is 3.12. The van der Waals surface area contributed by atoms with Gasteiger partial charge in [-0.05, 0) is 25.7 Å². The van der Waals surface area contributed by atoms with Gasteiger partial charge in [0.1, 0.15) is 0 Å². The lowest BCUT2D eigenvalue weighted by Gasteiger charge is -2.25. The number of aliphatic hydroxyl groups is 1. The molecule has 0 aromatic rings. The van der Waals surface area contributed by atoms with E-state index in [2.05, 4.69) is 5.32 Å². The van der Waals surface area contributed by atoms with Gasteiger partial charge in [0.15, 0.2) is 0 Å². The largest absolute Gasteiger partial charge is 0.393 e. The van der Waals surface area contributed by atoms with E-state index in [1.807, 2.05) is 0 Å². The summed E-state index contributed by atoms with van der Waals surface area (Å²) in [6.45, 7) is 0.556. The van der Waals surface area contributed by atoms with E-state index in [4.69, 9.17) is 10.8 Å². The third-order valence-corrected chi connectivity index (χ3v) is 2.10. The average molecular weight is 144 g/mol. The van der Waals surface area contributed by atoms with Crippen LogP contribution in [-0.4, -0.2) is 23.9 Å². The Hall–Kier alpha value is -0.120. The fourth-order valence-corrected chi connectivity index (χ4v) is 1.45. The Balaban J connectivity index is 2.13. The van der Waals surface area contributed by atoms with E-state index in [0.717, 1.165) is 25.7 Å². The van der Waals surface area contributed by atoms with E-state index in [-0.39, 0.29) is 6.10 Å². The van der Waals surface area contributed by atoms with Gasteiger partial charge in [0.25, 0.3) is 0 Å². The van der Waals surface area contributed by atoms with Gasteiger partial charge in [-0.25, -0.2) is 0 Å². The lowest BCUT2D eigenvalue weighted by atomic mass is 9.93. The van der Waals surface area contributed by atoms with Gasteiger partial charge in [0.05, 0.1) is 6.10 Å². The van der Waals surface area contributed by atoms with Crippen molar-refractivity contribution in [3.63, 3.8) is 0 Å². The molecular formula is C7H16N2O. The number of nitrogens with two attached hydrogens (primary N) is 1. The first-order valence-electron chi connectivity index (χ1n) is 3.94. The van der Waals surface area contributed by atoms with E-state index in [1.54, 1.807) is 0 Å². The first kappa shape index (κ1) is 7.98. The van der Waals surface area contributed by atoms with Gasteiger partial charge in [-0.2, -0.15) is 0 Å². The monoisotopic (exact) mass is 144 g/mol. The van der Waals surface area contributed by atoms with Crippen molar-refractivity contribution in [2.24, 2.45) is 5.73 Å². The van der Waals surface area contributed by atoms with Gasteiger partial charge >= 0.3 is 0 Å². The van der Waals surface area contributed by atoms with E-state index >= 15 is 0 Å². The molecule has 1 fully saturated rings. The molecule has 0 amide bonds. The lowest BCUT2D eigenvalue weighted by Crippen LogP contribution is -2.37. The van der Waals surface area contributed by atoms with E-state index < -0.39 is 0 Å². The zero-order chi connectivity index (χ0) is 7.40. The minimum absolute atomic E-state index is 0.0594. The van der Waals surface area contributed by atoms with Gasteiger partial charge in [-0.1, -0.05) is 0 Å². The number of hydrogen-bond acceptors (Lipinski definition) is 3. The van der Waals surface area contributed by atoms with Crippen LogP contribution in [0.1, 0.15) is 25.7 Å². The molecule has 1 aliphatic rings. The molecule has 1 aliphatic carbocycles. The quantitative estimate of drug-likeness (QED) is 0.470. The third kappa shape index (κ3) is 2.25. The van der Waals surface area contributed by atoms with Crippen molar-refractivity contribution in [1.29, 1.82) is 0 Å². The molecule has 4 N–H and O–H groups in total. The van der Waals surface area contributed by atoms with Crippen LogP contribution in [0.25, 0.3) is 0 Å². The molecule has 0 spiro atoms. The van der Waals surface area contributed by atoms with Crippen LogP contribution in [-0.2, 0) is 0 Å². The lowest BCUT2D eigenvalue weighted by molar-refractivity contribution is 0.117. The molecule has 1 rings (SSSR count). The highest BCUT2D eigenvalue weighted by Crippen LogP contribution is 2.17. The molecule has 3 nitrogen and oxygen atoms in total. The molecular weight excluding hydrogens is 128 g/mol. The molecule has 1 saturated carbocycles. The summed E-state index contributed by atoms with van der Waals surface area (Å²) in [5.74, 6) is 0. The van der Waals surface area contributed by atoms with Crippen molar-refractivity contribution in [2.45, 2.75) is 37.8 Å². The number of hydrogen-bond donors (Lipinski definition) is 3. The maximum Gasteiger partial charge on any atom is 0.0541 e. The van der Waals surface area contributed by atoms with Gasteiger partial charge in [-0.15, -0.1) is 0 Å². The number of rotatable bonds is 2. The minimum Gasteiger partial charge on any atom is -0.393 e. The topological polar surface area (TPSA) is 58.3 Å². The normalized spacial score (nSPS) is 34.2. The van der Waals surface area contributed by atoms with Gasteiger partial charge < -0.3 is 16.2 Å². The average Bonchev–Trinajstić information content (AvgIpc) is 1.95. The first-order valence-corrected chi connectivity index (χ1v) is 3.94. The predicted octanol–water partition coefficient (Wildman–Crippen LogP) is -0.204.